The highest BCUT2D eigenvalue weighted by Crippen LogP contribution is 2.36. The average Bonchev–Trinajstić information content (AvgIpc) is 2.44. The van der Waals surface area contributed by atoms with Crippen LogP contribution < -0.4 is 5.32 Å². The zero-order valence-electron chi connectivity index (χ0n) is 11.4. The second-order valence-corrected chi connectivity index (χ2v) is 5.12. The summed E-state index contributed by atoms with van der Waals surface area (Å²) < 4.78 is 41.8. The lowest BCUT2D eigenvalue weighted by molar-refractivity contribution is -0.118. The number of aliphatic hydroxyl groups excluding tert-OH is 1. The molecule has 3 nitrogen and oxygen atoms in total. The van der Waals surface area contributed by atoms with E-state index in [-0.39, 0.29) is 5.56 Å². The van der Waals surface area contributed by atoms with Gasteiger partial charge in [-0.3, -0.25) is 4.90 Å². The Morgan fingerprint density at radius 1 is 1.35 bits per heavy atom. The molecule has 1 aromatic carbocycles. The fourth-order valence-electron chi connectivity index (χ4n) is 2.53. The summed E-state index contributed by atoms with van der Waals surface area (Å²) in [6, 6.07) is 2.85. The van der Waals surface area contributed by atoms with Crippen LogP contribution in [-0.2, 0) is 0 Å². The maximum Gasteiger partial charge on any atom is 0.289 e. The van der Waals surface area contributed by atoms with Gasteiger partial charge in [0, 0.05) is 26.2 Å². The van der Waals surface area contributed by atoms with Gasteiger partial charge in [-0.2, -0.15) is 0 Å². The van der Waals surface area contributed by atoms with Crippen molar-refractivity contribution in [2.75, 3.05) is 32.8 Å². The van der Waals surface area contributed by atoms with E-state index in [0.717, 1.165) is 6.07 Å². The molecular weight excluding hydrogens is 269 g/mol. The largest absolute Gasteiger partial charge is 0.390 e. The molecule has 20 heavy (non-hydrogen) atoms. The number of benzene rings is 1. The lowest BCUT2D eigenvalue weighted by Gasteiger charge is -2.38. The standard InChI is InChI=1S/C14H19F3N2O/c1-10-2-3-11(8-12(10)15)13(14(16,17)9-20)19-6-4-18-5-7-19/h2-3,8,13,18,20H,4-7,9H2,1H3/t13-/m1/s1. The molecule has 1 heterocycles. The highest BCUT2D eigenvalue weighted by molar-refractivity contribution is 5.27. The number of rotatable bonds is 4. The van der Waals surface area contributed by atoms with Crippen molar-refractivity contribution < 1.29 is 18.3 Å². The Hall–Kier alpha value is -1.11. The quantitative estimate of drug-likeness (QED) is 0.885. The minimum atomic E-state index is -3.31. The van der Waals surface area contributed by atoms with Crippen LogP contribution in [0.4, 0.5) is 13.2 Å². The molecular formula is C14H19F3N2O. The van der Waals surface area contributed by atoms with Crippen LogP contribution in [0.15, 0.2) is 18.2 Å². The minimum Gasteiger partial charge on any atom is -0.390 e. The molecule has 0 unspecified atom stereocenters. The van der Waals surface area contributed by atoms with Crippen molar-refractivity contribution in [3.8, 4) is 0 Å². The van der Waals surface area contributed by atoms with Gasteiger partial charge in [0.15, 0.2) is 0 Å². The summed E-state index contributed by atoms with van der Waals surface area (Å²) in [6.45, 7) is 2.42. The summed E-state index contributed by atoms with van der Waals surface area (Å²) >= 11 is 0. The Labute approximate surface area is 116 Å². The van der Waals surface area contributed by atoms with Crippen molar-refractivity contribution >= 4 is 0 Å². The third kappa shape index (κ3) is 3.13. The van der Waals surface area contributed by atoms with Crippen LogP contribution in [0.5, 0.6) is 0 Å². The van der Waals surface area contributed by atoms with Gasteiger partial charge in [-0.1, -0.05) is 12.1 Å². The van der Waals surface area contributed by atoms with Crippen molar-refractivity contribution in [1.82, 2.24) is 10.2 Å². The molecule has 1 aromatic rings. The summed E-state index contributed by atoms with van der Waals surface area (Å²) in [5.74, 6) is -3.81. The van der Waals surface area contributed by atoms with Gasteiger partial charge in [0.1, 0.15) is 18.5 Å². The van der Waals surface area contributed by atoms with E-state index in [0.29, 0.717) is 31.7 Å². The molecule has 0 aromatic heterocycles. The molecule has 0 amide bonds. The number of nitrogens with zero attached hydrogens (tertiary/aromatic N) is 1. The first kappa shape index (κ1) is 15.3. The summed E-state index contributed by atoms with van der Waals surface area (Å²) in [7, 11) is 0. The summed E-state index contributed by atoms with van der Waals surface area (Å²) in [4.78, 5) is 1.59. The third-order valence-corrected chi connectivity index (χ3v) is 3.64. The highest BCUT2D eigenvalue weighted by atomic mass is 19.3. The van der Waals surface area contributed by atoms with E-state index in [1.54, 1.807) is 11.8 Å². The molecule has 1 atom stereocenters. The molecule has 1 saturated heterocycles. The molecule has 0 saturated carbocycles. The van der Waals surface area contributed by atoms with E-state index < -0.39 is 24.4 Å². The second kappa shape index (κ2) is 6.11. The monoisotopic (exact) mass is 288 g/mol. The maximum atomic E-state index is 14.1. The van der Waals surface area contributed by atoms with Gasteiger partial charge in [0.2, 0.25) is 0 Å². The highest BCUT2D eigenvalue weighted by Gasteiger charge is 2.44. The first-order valence-electron chi connectivity index (χ1n) is 6.65. The number of alkyl halides is 2. The number of hydrogen-bond acceptors (Lipinski definition) is 3. The van der Waals surface area contributed by atoms with E-state index in [1.165, 1.54) is 12.1 Å². The molecule has 0 spiro atoms. The fraction of sp³-hybridized carbons (Fsp3) is 0.571. The van der Waals surface area contributed by atoms with Crippen LogP contribution in [0, 0.1) is 12.7 Å². The molecule has 6 heteroatoms. The normalized spacial score (nSPS) is 19.1. The Bertz CT molecular complexity index is 462. The zero-order chi connectivity index (χ0) is 14.8. The van der Waals surface area contributed by atoms with Crippen molar-refractivity contribution in [2.45, 2.75) is 18.9 Å². The Balaban J connectivity index is 2.36. The lowest BCUT2D eigenvalue weighted by Crippen LogP contribution is -2.51. The molecule has 0 radical (unpaired) electrons. The van der Waals surface area contributed by atoms with Gasteiger partial charge in [0.25, 0.3) is 5.92 Å². The minimum absolute atomic E-state index is 0.203. The van der Waals surface area contributed by atoms with Gasteiger partial charge >= 0.3 is 0 Å². The lowest BCUT2D eigenvalue weighted by atomic mass is 9.97. The molecule has 1 aliphatic rings. The molecule has 0 aliphatic carbocycles. The zero-order valence-corrected chi connectivity index (χ0v) is 11.4. The number of piperazine rings is 1. The van der Waals surface area contributed by atoms with E-state index in [9.17, 15) is 13.2 Å². The number of halogens is 3. The predicted molar refractivity (Wildman–Crippen MR) is 70.4 cm³/mol. The molecule has 2 N–H and O–H groups in total. The van der Waals surface area contributed by atoms with Crippen LogP contribution in [-0.4, -0.2) is 48.7 Å². The van der Waals surface area contributed by atoms with Gasteiger partial charge in [-0.15, -0.1) is 0 Å². The van der Waals surface area contributed by atoms with Crippen molar-refractivity contribution in [3.05, 3.63) is 35.1 Å². The third-order valence-electron chi connectivity index (χ3n) is 3.64. The molecule has 2 rings (SSSR count). The second-order valence-electron chi connectivity index (χ2n) is 5.12. The van der Waals surface area contributed by atoms with Crippen LogP contribution >= 0.6 is 0 Å². The summed E-state index contributed by atoms with van der Waals surface area (Å²) in [6.07, 6.45) is 0. The van der Waals surface area contributed by atoms with Gasteiger partial charge in [-0.25, -0.2) is 13.2 Å². The average molecular weight is 288 g/mol. The van der Waals surface area contributed by atoms with Crippen LogP contribution in [0.25, 0.3) is 0 Å². The summed E-state index contributed by atoms with van der Waals surface area (Å²) in [5.41, 5.74) is 0.620. The summed E-state index contributed by atoms with van der Waals surface area (Å²) in [5, 5.41) is 12.1. The van der Waals surface area contributed by atoms with Gasteiger partial charge in [0.05, 0.1) is 0 Å². The van der Waals surface area contributed by atoms with Crippen molar-refractivity contribution in [3.63, 3.8) is 0 Å². The fourth-order valence-corrected chi connectivity index (χ4v) is 2.53. The van der Waals surface area contributed by atoms with E-state index in [1.807, 2.05) is 0 Å². The number of aryl methyl sites for hydroxylation is 1. The van der Waals surface area contributed by atoms with Crippen LogP contribution in [0.3, 0.4) is 0 Å². The first-order chi connectivity index (χ1) is 9.45. The van der Waals surface area contributed by atoms with E-state index in [4.69, 9.17) is 5.11 Å². The Morgan fingerprint density at radius 3 is 2.55 bits per heavy atom. The Morgan fingerprint density at radius 2 is 2.00 bits per heavy atom. The van der Waals surface area contributed by atoms with E-state index >= 15 is 0 Å². The predicted octanol–water partition coefficient (Wildman–Crippen LogP) is 1.71. The topological polar surface area (TPSA) is 35.5 Å². The maximum absolute atomic E-state index is 14.1. The number of aliphatic hydroxyl groups is 1. The molecule has 1 aliphatic heterocycles. The number of hydrogen-bond donors (Lipinski definition) is 2. The number of nitrogens with one attached hydrogen (secondary N) is 1. The first-order valence-corrected chi connectivity index (χ1v) is 6.65. The SMILES string of the molecule is Cc1ccc([C@@H](N2CCNCC2)C(F)(F)CO)cc1F. The van der Waals surface area contributed by atoms with Crippen molar-refractivity contribution in [1.29, 1.82) is 0 Å². The van der Waals surface area contributed by atoms with Gasteiger partial charge < -0.3 is 10.4 Å². The molecule has 0 bridgehead atoms. The van der Waals surface area contributed by atoms with E-state index in [2.05, 4.69) is 5.32 Å². The smallest absolute Gasteiger partial charge is 0.289 e. The van der Waals surface area contributed by atoms with Crippen molar-refractivity contribution in [2.24, 2.45) is 0 Å². The van der Waals surface area contributed by atoms with Crippen LogP contribution in [0.1, 0.15) is 17.2 Å². The van der Waals surface area contributed by atoms with Crippen LogP contribution in [0.2, 0.25) is 0 Å². The molecule has 1 fully saturated rings. The molecule has 112 valence electrons. The van der Waals surface area contributed by atoms with Gasteiger partial charge in [-0.05, 0) is 24.1 Å². The Kier molecular flexibility index (Phi) is 4.67.